The number of esters is 1. The highest BCUT2D eigenvalue weighted by atomic mass is 35.5. The highest BCUT2D eigenvalue weighted by Gasteiger charge is 2.13. The summed E-state index contributed by atoms with van der Waals surface area (Å²) in [6.07, 6.45) is 6.43. The fraction of sp³-hybridized carbons (Fsp3) is 0.167. The predicted octanol–water partition coefficient (Wildman–Crippen LogP) is 5.89. The summed E-state index contributed by atoms with van der Waals surface area (Å²) >= 11 is 6.05. The number of aromatic nitrogens is 2. The minimum Gasteiger partial charge on any atom is -0.452 e. The minimum absolute atomic E-state index is 0.0345. The van der Waals surface area contributed by atoms with Crippen LogP contribution in [0.2, 0.25) is 5.02 Å². The lowest BCUT2D eigenvalue weighted by atomic mass is 10.1. The zero-order valence-corrected chi connectivity index (χ0v) is 21.3. The summed E-state index contributed by atoms with van der Waals surface area (Å²) in [6.45, 7) is 1.59. The molecule has 0 saturated heterocycles. The first-order valence-corrected chi connectivity index (χ1v) is 12.4. The first-order valence-electron chi connectivity index (χ1n) is 12.1. The van der Waals surface area contributed by atoms with Gasteiger partial charge >= 0.3 is 5.97 Å². The van der Waals surface area contributed by atoms with Crippen LogP contribution in [0.15, 0.2) is 97.2 Å². The molecule has 1 atom stereocenters. The van der Waals surface area contributed by atoms with Gasteiger partial charge in [-0.3, -0.25) is 4.79 Å². The summed E-state index contributed by atoms with van der Waals surface area (Å²) in [6, 6.07) is 27.1. The molecule has 37 heavy (non-hydrogen) atoms. The normalized spacial score (nSPS) is 11.8. The van der Waals surface area contributed by atoms with Gasteiger partial charge in [0.15, 0.2) is 6.61 Å². The van der Waals surface area contributed by atoms with E-state index in [0.29, 0.717) is 10.7 Å². The van der Waals surface area contributed by atoms with Crippen LogP contribution in [0.3, 0.4) is 0 Å². The lowest BCUT2D eigenvalue weighted by Crippen LogP contribution is -2.36. The number of nitrogens with zero attached hydrogens (tertiary/aromatic N) is 2. The van der Waals surface area contributed by atoms with Crippen LogP contribution >= 0.6 is 11.6 Å². The fourth-order valence-electron chi connectivity index (χ4n) is 3.81. The number of amides is 1. The SMILES string of the molecule is CC(CCc1ccccc1)NC(=O)COC(=O)C=Cc1cn(-c2ccccc2)nc1-c1ccc(Cl)cc1. The molecule has 0 aliphatic carbocycles. The number of halogens is 1. The monoisotopic (exact) mass is 513 g/mol. The minimum atomic E-state index is -0.610. The molecule has 6 nitrogen and oxygen atoms in total. The molecule has 7 heteroatoms. The largest absolute Gasteiger partial charge is 0.452 e. The third-order valence-corrected chi connectivity index (χ3v) is 5.99. The van der Waals surface area contributed by atoms with E-state index in [4.69, 9.17) is 21.4 Å². The lowest BCUT2D eigenvalue weighted by molar-refractivity contribution is -0.144. The Bertz CT molecular complexity index is 1350. The van der Waals surface area contributed by atoms with Crippen molar-refractivity contribution in [2.45, 2.75) is 25.8 Å². The average molecular weight is 514 g/mol. The van der Waals surface area contributed by atoms with E-state index in [-0.39, 0.29) is 18.6 Å². The van der Waals surface area contributed by atoms with Gasteiger partial charge in [-0.25, -0.2) is 9.48 Å². The number of hydrogen-bond acceptors (Lipinski definition) is 4. The second-order valence-corrected chi connectivity index (χ2v) is 9.09. The molecule has 1 heterocycles. The average Bonchev–Trinajstić information content (AvgIpc) is 3.35. The van der Waals surface area contributed by atoms with Crippen molar-refractivity contribution in [3.63, 3.8) is 0 Å². The smallest absolute Gasteiger partial charge is 0.331 e. The maximum Gasteiger partial charge on any atom is 0.331 e. The number of para-hydroxylation sites is 1. The predicted molar refractivity (Wildman–Crippen MR) is 146 cm³/mol. The van der Waals surface area contributed by atoms with Crippen LogP contribution < -0.4 is 5.32 Å². The first kappa shape index (κ1) is 25.9. The lowest BCUT2D eigenvalue weighted by Gasteiger charge is -2.13. The number of rotatable bonds is 10. The zero-order chi connectivity index (χ0) is 26.0. The van der Waals surface area contributed by atoms with Gasteiger partial charge in [-0.15, -0.1) is 0 Å². The Morgan fingerprint density at radius 1 is 1.00 bits per heavy atom. The van der Waals surface area contributed by atoms with Gasteiger partial charge in [0.05, 0.1) is 11.4 Å². The molecular formula is C30H28ClN3O3. The highest BCUT2D eigenvalue weighted by molar-refractivity contribution is 6.30. The van der Waals surface area contributed by atoms with Crippen molar-refractivity contribution in [2.75, 3.05) is 6.61 Å². The number of hydrogen-bond donors (Lipinski definition) is 1. The molecule has 4 rings (SSSR count). The second kappa shape index (κ2) is 12.7. The Morgan fingerprint density at radius 2 is 1.68 bits per heavy atom. The molecule has 3 aromatic carbocycles. The first-order chi connectivity index (χ1) is 18.0. The summed E-state index contributed by atoms with van der Waals surface area (Å²) in [5.41, 5.74) is 4.37. The number of carbonyl (C=O) groups excluding carboxylic acids is 2. The Morgan fingerprint density at radius 3 is 2.38 bits per heavy atom. The highest BCUT2D eigenvalue weighted by Crippen LogP contribution is 2.26. The quantitative estimate of drug-likeness (QED) is 0.212. The van der Waals surface area contributed by atoms with Crippen LogP contribution in [0, 0.1) is 0 Å². The van der Waals surface area contributed by atoms with Gasteiger partial charge in [0.1, 0.15) is 0 Å². The van der Waals surface area contributed by atoms with Crippen LogP contribution in [0.5, 0.6) is 0 Å². The van der Waals surface area contributed by atoms with E-state index < -0.39 is 5.97 Å². The van der Waals surface area contributed by atoms with Crippen LogP contribution in [-0.4, -0.2) is 34.3 Å². The van der Waals surface area contributed by atoms with Crippen LogP contribution in [-0.2, 0) is 20.7 Å². The molecule has 1 N–H and O–H groups in total. The fourth-order valence-corrected chi connectivity index (χ4v) is 3.94. The molecule has 0 radical (unpaired) electrons. The number of nitrogens with one attached hydrogen (secondary N) is 1. The molecular weight excluding hydrogens is 486 g/mol. The van der Waals surface area contributed by atoms with Crippen molar-refractivity contribution in [1.29, 1.82) is 0 Å². The standard InChI is InChI=1S/C30H28ClN3O3/c1-22(12-13-23-8-4-2-5-9-23)32-28(35)21-37-29(36)19-16-25-20-34(27-10-6-3-7-11-27)33-30(25)24-14-17-26(31)18-15-24/h2-11,14-20,22H,12-13,21H2,1H3,(H,32,35). The molecule has 1 aromatic heterocycles. The molecule has 1 unspecified atom stereocenters. The van der Waals surface area contributed by atoms with E-state index in [1.807, 2.05) is 73.8 Å². The van der Waals surface area contributed by atoms with Gasteiger partial charge in [-0.1, -0.05) is 72.3 Å². The molecule has 1 amide bonds. The second-order valence-electron chi connectivity index (χ2n) is 8.65. The maximum absolute atomic E-state index is 12.4. The topological polar surface area (TPSA) is 73.2 Å². The molecule has 0 saturated carbocycles. The Hall–Kier alpha value is -4.16. The third kappa shape index (κ3) is 7.66. The van der Waals surface area contributed by atoms with Crippen molar-refractivity contribution in [3.8, 4) is 16.9 Å². The summed E-state index contributed by atoms with van der Waals surface area (Å²) < 4.78 is 6.91. The Balaban J connectivity index is 1.36. The molecule has 0 fully saturated rings. The third-order valence-electron chi connectivity index (χ3n) is 5.74. The van der Waals surface area contributed by atoms with Crippen molar-refractivity contribution in [1.82, 2.24) is 15.1 Å². The Kier molecular flexibility index (Phi) is 8.89. The van der Waals surface area contributed by atoms with E-state index >= 15 is 0 Å². The molecule has 0 spiro atoms. The Labute approximate surface area is 221 Å². The summed E-state index contributed by atoms with van der Waals surface area (Å²) in [7, 11) is 0. The van der Waals surface area contributed by atoms with E-state index in [2.05, 4.69) is 17.4 Å². The summed E-state index contributed by atoms with van der Waals surface area (Å²) in [4.78, 5) is 24.6. The van der Waals surface area contributed by atoms with Crippen molar-refractivity contribution in [3.05, 3.63) is 113 Å². The van der Waals surface area contributed by atoms with Crippen molar-refractivity contribution in [2.24, 2.45) is 0 Å². The van der Waals surface area contributed by atoms with Gasteiger partial charge in [-0.05, 0) is 55.7 Å². The number of benzene rings is 3. The van der Waals surface area contributed by atoms with Gasteiger partial charge in [-0.2, -0.15) is 5.10 Å². The van der Waals surface area contributed by atoms with Gasteiger partial charge in [0.2, 0.25) is 0 Å². The number of carbonyl (C=O) groups is 2. The summed E-state index contributed by atoms with van der Waals surface area (Å²) in [5, 5.41) is 8.21. The van der Waals surface area contributed by atoms with E-state index in [1.54, 1.807) is 22.9 Å². The zero-order valence-electron chi connectivity index (χ0n) is 20.5. The molecule has 0 bridgehead atoms. The van der Waals surface area contributed by atoms with Crippen molar-refractivity contribution < 1.29 is 14.3 Å². The van der Waals surface area contributed by atoms with Crippen LogP contribution in [0.25, 0.3) is 23.0 Å². The van der Waals surface area contributed by atoms with Crippen LogP contribution in [0.4, 0.5) is 0 Å². The molecule has 0 aliphatic heterocycles. The van der Waals surface area contributed by atoms with Gasteiger partial charge in [0, 0.05) is 34.5 Å². The van der Waals surface area contributed by atoms with Gasteiger partial charge in [0.25, 0.3) is 5.91 Å². The van der Waals surface area contributed by atoms with E-state index in [9.17, 15) is 9.59 Å². The summed E-state index contributed by atoms with van der Waals surface area (Å²) in [5.74, 6) is -0.942. The van der Waals surface area contributed by atoms with Crippen molar-refractivity contribution >= 4 is 29.6 Å². The van der Waals surface area contributed by atoms with Gasteiger partial charge < -0.3 is 10.1 Å². The molecule has 0 aliphatic rings. The molecule has 4 aromatic rings. The molecule has 188 valence electrons. The number of aryl methyl sites for hydroxylation is 1. The van der Waals surface area contributed by atoms with E-state index in [0.717, 1.165) is 29.7 Å². The van der Waals surface area contributed by atoms with Crippen LogP contribution in [0.1, 0.15) is 24.5 Å². The van der Waals surface area contributed by atoms with E-state index in [1.165, 1.54) is 11.6 Å². The maximum atomic E-state index is 12.4. The number of ether oxygens (including phenoxy) is 1.